The van der Waals surface area contributed by atoms with Gasteiger partial charge in [-0.05, 0) is 37.3 Å². The highest BCUT2D eigenvalue weighted by atomic mass is 16.6. The summed E-state index contributed by atoms with van der Waals surface area (Å²) in [7, 11) is 1.54. The van der Waals surface area contributed by atoms with Crippen LogP contribution in [0.3, 0.4) is 0 Å². The lowest BCUT2D eigenvalue weighted by Crippen LogP contribution is -2.40. The highest BCUT2D eigenvalue weighted by molar-refractivity contribution is 5.85. The smallest absolute Gasteiger partial charge is 0.330 e. The molecule has 1 aliphatic rings. The van der Waals surface area contributed by atoms with Gasteiger partial charge in [0.1, 0.15) is 11.8 Å². The number of hydrogen-bond donors (Lipinski definition) is 0. The maximum atomic E-state index is 12.8. The van der Waals surface area contributed by atoms with Crippen molar-refractivity contribution in [2.45, 2.75) is 39.2 Å². The summed E-state index contributed by atoms with van der Waals surface area (Å²) in [5.74, 6) is -0.178. The summed E-state index contributed by atoms with van der Waals surface area (Å²) in [6, 6.07) is 9.60. The summed E-state index contributed by atoms with van der Waals surface area (Å²) < 4.78 is 10.4. The fraction of sp³-hybridized carbons (Fsp3) is 0.545. The van der Waals surface area contributed by atoms with Crippen LogP contribution in [0.5, 0.6) is 0 Å². The molecule has 4 unspecified atom stereocenters. The molecule has 1 aromatic heterocycles. The Kier molecular flexibility index (Phi) is 6.65. The van der Waals surface area contributed by atoms with E-state index in [1.165, 1.54) is 7.11 Å². The van der Waals surface area contributed by atoms with Crippen LogP contribution in [0.15, 0.2) is 24.3 Å². The number of nitriles is 1. The molecule has 0 saturated carbocycles. The van der Waals surface area contributed by atoms with E-state index in [1.54, 1.807) is 6.92 Å². The molecular formula is C22H28N4O3. The van der Waals surface area contributed by atoms with E-state index in [0.29, 0.717) is 28.9 Å². The Morgan fingerprint density at radius 1 is 1.24 bits per heavy atom. The minimum atomic E-state index is -1.14. The standard InChI is InChI=1S/C22H28N4O3/c1-14-9-15(2)12-26(11-14)21-20(24-18-7-5-6-8-19(18)25-21)17(10-23)22(27)29-16(3)13-28-4/h5-8,14-17H,9,11-13H2,1-4H3. The zero-order valence-corrected chi connectivity index (χ0v) is 17.5. The molecule has 0 bridgehead atoms. The fourth-order valence-electron chi connectivity index (χ4n) is 4.03. The Balaban J connectivity index is 2.04. The summed E-state index contributed by atoms with van der Waals surface area (Å²) in [4.78, 5) is 24.4. The van der Waals surface area contributed by atoms with E-state index in [4.69, 9.17) is 14.5 Å². The largest absolute Gasteiger partial charge is 0.459 e. The number of piperidine rings is 1. The summed E-state index contributed by atoms with van der Waals surface area (Å²) in [5, 5.41) is 9.82. The van der Waals surface area contributed by atoms with Crippen molar-refractivity contribution >= 4 is 22.8 Å². The van der Waals surface area contributed by atoms with Gasteiger partial charge in [-0.1, -0.05) is 26.0 Å². The van der Waals surface area contributed by atoms with E-state index in [2.05, 4.69) is 29.8 Å². The van der Waals surface area contributed by atoms with Gasteiger partial charge in [-0.25, -0.2) is 9.97 Å². The molecule has 4 atom stereocenters. The van der Waals surface area contributed by atoms with Gasteiger partial charge in [0, 0.05) is 20.2 Å². The zero-order valence-electron chi connectivity index (χ0n) is 17.5. The van der Waals surface area contributed by atoms with Crippen LogP contribution in [0, 0.1) is 23.2 Å². The normalized spacial score (nSPS) is 21.4. The lowest BCUT2D eigenvalue weighted by Gasteiger charge is -2.36. The van der Waals surface area contributed by atoms with Crippen LogP contribution in [0.1, 0.15) is 38.8 Å². The van der Waals surface area contributed by atoms with Gasteiger partial charge in [-0.3, -0.25) is 4.79 Å². The van der Waals surface area contributed by atoms with E-state index >= 15 is 0 Å². The number of esters is 1. The molecular weight excluding hydrogens is 368 g/mol. The first-order valence-electron chi connectivity index (χ1n) is 10.0. The molecule has 0 N–H and O–H groups in total. The molecule has 0 amide bonds. The number of rotatable bonds is 6. The maximum absolute atomic E-state index is 12.8. The third-order valence-electron chi connectivity index (χ3n) is 5.10. The van der Waals surface area contributed by atoms with Crippen LogP contribution in [0.4, 0.5) is 5.82 Å². The van der Waals surface area contributed by atoms with Gasteiger partial charge in [0.15, 0.2) is 11.7 Å². The van der Waals surface area contributed by atoms with Crippen LogP contribution in [-0.2, 0) is 14.3 Å². The van der Waals surface area contributed by atoms with Crippen molar-refractivity contribution in [1.29, 1.82) is 5.26 Å². The molecule has 1 aromatic carbocycles. The van der Waals surface area contributed by atoms with Crippen LogP contribution < -0.4 is 4.90 Å². The van der Waals surface area contributed by atoms with Gasteiger partial charge in [0.25, 0.3) is 0 Å². The lowest BCUT2D eigenvalue weighted by molar-refractivity contribution is -0.150. The van der Waals surface area contributed by atoms with E-state index in [-0.39, 0.29) is 6.61 Å². The number of ether oxygens (including phenoxy) is 2. The van der Waals surface area contributed by atoms with Gasteiger partial charge >= 0.3 is 5.97 Å². The number of benzene rings is 1. The Labute approximate surface area is 171 Å². The first-order chi connectivity index (χ1) is 13.9. The highest BCUT2D eigenvalue weighted by Gasteiger charge is 2.33. The molecule has 1 aliphatic heterocycles. The highest BCUT2D eigenvalue weighted by Crippen LogP contribution is 2.32. The second kappa shape index (κ2) is 9.19. The van der Waals surface area contributed by atoms with Crippen molar-refractivity contribution in [3.8, 4) is 6.07 Å². The molecule has 29 heavy (non-hydrogen) atoms. The number of aromatic nitrogens is 2. The molecule has 2 aromatic rings. The number of carbonyl (C=O) groups is 1. The predicted molar refractivity (Wildman–Crippen MR) is 110 cm³/mol. The predicted octanol–water partition coefficient (Wildman–Crippen LogP) is 3.30. The average molecular weight is 396 g/mol. The number of fused-ring (bicyclic) bond motifs is 1. The van der Waals surface area contributed by atoms with E-state index in [9.17, 15) is 10.1 Å². The Morgan fingerprint density at radius 2 is 1.86 bits per heavy atom. The first-order valence-corrected chi connectivity index (χ1v) is 10.0. The van der Waals surface area contributed by atoms with Gasteiger partial charge in [0.05, 0.1) is 23.7 Å². The first kappa shape index (κ1) is 21.0. The average Bonchev–Trinajstić information content (AvgIpc) is 2.67. The van der Waals surface area contributed by atoms with E-state index in [1.807, 2.05) is 24.3 Å². The third-order valence-corrected chi connectivity index (χ3v) is 5.10. The number of hydrogen-bond acceptors (Lipinski definition) is 7. The second-order valence-electron chi connectivity index (χ2n) is 8.04. The molecule has 1 fully saturated rings. The van der Waals surface area contributed by atoms with Gasteiger partial charge in [-0.2, -0.15) is 5.26 Å². The van der Waals surface area contributed by atoms with Gasteiger partial charge < -0.3 is 14.4 Å². The Bertz CT molecular complexity index is 901. The molecule has 0 aliphatic carbocycles. The van der Waals surface area contributed by atoms with Crippen molar-refractivity contribution in [3.63, 3.8) is 0 Å². The van der Waals surface area contributed by atoms with Crippen LogP contribution >= 0.6 is 0 Å². The number of methoxy groups -OCH3 is 1. The quantitative estimate of drug-likeness (QED) is 0.692. The van der Waals surface area contributed by atoms with Gasteiger partial charge in [0.2, 0.25) is 0 Å². The second-order valence-corrected chi connectivity index (χ2v) is 8.04. The van der Waals surface area contributed by atoms with Crippen LogP contribution in [0.2, 0.25) is 0 Å². The molecule has 1 saturated heterocycles. The van der Waals surface area contributed by atoms with Crippen LogP contribution in [0.25, 0.3) is 11.0 Å². The molecule has 7 heteroatoms. The zero-order chi connectivity index (χ0) is 21.0. The van der Waals surface area contributed by atoms with Gasteiger partial charge in [-0.15, -0.1) is 0 Å². The fourth-order valence-corrected chi connectivity index (χ4v) is 4.03. The number of nitrogens with zero attached hydrogens (tertiary/aromatic N) is 4. The number of anilines is 1. The topological polar surface area (TPSA) is 88.3 Å². The summed E-state index contributed by atoms with van der Waals surface area (Å²) >= 11 is 0. The van der Waals surface area contributed by atoms with Crippen molar-refractivity contribution in [2.24, 2.45) is 11.8 Å². The molecule has 0 radical (unpaired) electrons. The molecule has 0 spiro atoms. The minimum absolute atomic E-state index is 0.265. The van der Waals surface area contributed by atoms with E-state index < -0.39 is 18.0 Å². The lowest BCUT2D eigenvalue weighted by atomic mass is 9.91. The van der Waals surface area contributed by atoms with Crippen molar-refractivity contribution in [3.05, 3.63) is 30.0 Å². The monoisotopic (exact) mass is 396 g/mol. The van der Waals surface area contributed by atoms with Crippen LogP contribution in [-0.4, -0.2) is 48.8 Å². The van der Waals surface area contributed by atoms with Crippen molar-refractivity contribution < 1.29 is 14.3 Å². The summed E-state index contributed by atoms with van der Waals surface area (Å²) in [6.07, 6.45) is 0.695. The van der Waals surface area contributed by atoms with E-state index in [0.717, 1.165) is 25.0 Å². The molecule has 154 valence electrons. The molecule has 7 nitrogen and oxygen atoms in total. The molecule has 2 heterocycles. The Hall–Kier alpha value is -2.72. The molecule has 3 rings (SSSR count). The SMILES string of the molecule is COCC(C)OC(=O)C(C#N)c1nc2ccccc2nc1N1CC(C)CC(C)C1. The van der Waals surface area contributed by atoms with Crippen molar-refractivity contribution in [1.82, 2.24) is 9.97 Å². The number of carbonyl (C=O) groups excluding carboxylic acids is 1. The van der Waals surface area contributed by atoms with Crippen molar-refractivity contribution in [2.75, 3.05) is 31.7 Å². The maximum Gasteiger partial charge on any atom is 0.330 e. The minimum Gasteiger partial charge on any atom is -0.459 e. The Morgan fingerprint density at radius 3 is 2.45 bits per heavy atom. The summed E-state index contributed by atoms with van der Waals surface area (Å²) in [6.45, 7) is 8.05. The number of para-hydroxylation sites is 2. The summed E-state index contributed by atoms with van der Waals surface area (Å²) in [5.41, 5.74) is 1.76. The third kappa shape index (κ3) is 4.83.